The summed E-state index contributed by atoms with van der Waals surface area (Å²) in [6.45, 7) is 9.32. The predicted octanol–water partition coefficient (Wildman–Crippen LogP) is 3.88. The van der Waals surface area contributed by atoms with Gasteiger partial charge in [-0.1, -0.05) is 24.1 Å². The molecule has 1 fully saturated rings. The molecule has 3 heterocycles. The molecular weight excluding hydrogens is 468 g/mol. The molecule has 0 saturated carbocycles. The second-order valence-electron chi connectivity index (χ2n) is 10.1. The van der Waals surface area contributed by atoms with Crippen LogP contribution in [0.1, 0.15) is 56.6 Å². The molecule has 3 aromatic rings. The minimum Gasteiger partial charge on any atom is -0.444 e. The zero-order chi connectivity index (χ0) is 26.4. The van der Waals surface area contributed by atoms with Gasteiger partial charge in [0.2, 0.25) is 5.95 Å². The molecule has 1 aromatic carbocycles. The van der Waals surface area contributed by atoms with E-state index in [1.54, 1.807) is 19.3 Å². The molecule has 194 valence electrons. The Hall–Kier alpha value is -4.06. The van der Waals surface area contributed by atoms with Crippen molar-refractivity contribution in [2.45, 2.75) is 65.3 Å². The first-order chi connectivity index (χ1) is 17.7. The summed E-state index contributed by atoms with van der Waals surface area (Å²) in [7, 11) is 0. The van der Waals surface area contributed by atoms with Gasteiger partial charge in [-0.2, -0.15) is 0 Å². The van der Waals surface area contributed by atoms with Gasteiger partial charge in [-0.15, -0.1) is 5.92 Å². The average Bonchev–Trinajstić information content (AvgIpc) is 3.29. The van der Waals surface area contributed by atoms with Crippen LogP contribution in [0.4, 0.5) is 10.7 Å². The van der Waals surface area contributed by atoms with Crippen LogP contribution in [0.5, 0.6) is 0 Å². The Morgan fingerprint density at radius 3 is 2.78 bits per heavy atom. The van der Waals surface area contributed by atoms with E-state index in [4.69, 9.17) is 4.74 Å². The summed E-state index contributed by atoms with van der Waals surface area (Å²) in [5.41, 5.74) is 1.71. The molecule has 2 amide bonds. The third-order valence-electron chi connectivity index (χ3n) is 6.01. The van der Waals surface area contributed by atoms with Crippen molar-refractivity contribution in [3.8, 4) is 11.8 Å². The number of carbonyl (C=O) groups excluding carboxylic acids is 2. The van der Waals surface area contributed by atoms with Gasteiger partial charge in [0, 0.05) is 37.3 Å². The van der Waals surface area contributed by atoms with Crippen molar-refractivity contribution in [2.24, 2.45) is 0 Å². The molecular formula is C28H34N6O3. The molecule has 0 radical (unpaired) electrons. The highest BCUT2D eigenvalue weighted by Crippen LogP contribution is 2.21. The maximum absolute atomic E-state index is 13.2. The summed E-state index contributed by atoms with van der Waals surface area (Å²) in [6, 6.07) is 9.83. The van der Waals surface area contributed by atoms with Crippen LogP contribution in [-0.2, 0) is 17.8 Å². The first kappa shape index (κ1) is 26.0. The predicted molar refractivity (Wildman–Crippen MR) is 143 cm³/mol. The van der Waals surface area contributed by atoms with E-state index in [1.807, 2.05) is 55.7 Å². The topological polar surface area (TPSA) is 101 Å². The monoisotopic (exact) mass is 502 g/mol. The molecule has 1 saturated heterocycles. The number of ether oxygens (including phenoxy) is 1. The number of pyridine rings is 1. The number of anilines is 1. The number of aromatic nitrogens is 3. The summed E-state index contributed by atoms with van der Waals surface area (Å²) < 4.78 is 7.25. The number of rotatable bonds is 6. The van der Waals surface area contributed by atoms with E-state index in [-0.39, 0.29) is 11.9 Å². The molecule has 9 nitrogen and oxygen atoms in total. The Bertz CT molecular complexity index is 1330. The first-order valence-corrected chi connectivity index (χ1v) is 12.5. The highest BCUT2D eigenvalue weighted by Gasteiger charge is 2.28. The van der Waals surface area contributed by atoms with Crippen LogP contribution in [0.15, 0.2) is 42.7 Å². The van der Waals surface area contributed by atoms with E-state index in [1.165, 1.54) is 0 Å². The van der Waals surface area contributed by atoms with Gasteiger partial charge in [0.05, 0.1) is 18.3 Å². The maximum Gasteiger partial charge on any atom is 0.407 e. The van der Waals surface area contributed by atoms with Crippen LogP contribution in [-0.4, -0.2) is 51.3 Å². The SMILES string of the molecule is CC#CCn1c(C(=O)NCc2cnc3ccccc3c2)cnc1N1CCCC(NC(=O)OC(C)(C)C)C1. The summed E-state index contributed by atoms with van der Waals surface area (Å²) >= 11 is 0. The number of nitrogens with one attached hydrogen (secondary N) is 2. The minimum absolute atomic E-state index is 0.0799. The Balaban J connectivity index is 1.46. The lowest BCUT2D eigenvalue weighted by Gasteiger charge is -2.34. The first-order valence-electron chi connectivity index (χ1n) is 12.5. The van der Waals surface area contributed by atoms with E-state index in [2.05, 4.69) is 37.3 Å². The number of hydrogen-bond donors (Lipinski definition) is 2. The molecule has 0 aliphatic carbocycles. The highest BCUT2D eigenvalue weighted by molar-refractivity contribution is 5.93. The fourth-order valence-corrected chi connectivity index (χ4v) is 4.35. The van der Waals surface area contributed by atoms with E-state index >= 15 is 0 Å². The van der Waals surface area contributed by atoms with Crippen LogP contribution in [0, 0.1) is 11.8 Å². The fourth-order valence-electron chi connectivity index (χ4n) is 4.35. The lowest BCUT2D eigenvalue weighted by Crippen LogP contribution is -2.49. The summed E-state index contributed by atoms with van der Waals surface area (Å²) in [4.78, 5) is 36.6. The molecule has 9 heteroatoms. The van der Waals surface area contributed by atoms with Gasteiger partial charge in [0.25, 0.3) is 5.91 Å². The van der Waals surface area contributed by atoms with E-state index < -0.39 is 11.7 Å². The molecule has 4 rings (SSSR count). The number of piperidine rings is 1. The van der Waals surface area contributed by atoms with Crippen molar-refractivity contribution < 1.29 is 14.3 Å². The molecule has 1 aliphatic heterocycles. The average molecular weight is 503 g/mol. The highest BCUT2D eigenvalue weighted by atomic mass is 16.6. The fraction of sp³-hybridized carbons (Fsp3) is 0.429. The van der Waals surface area contributed by atoms with Gasteiger partial charge in [0.1, 0.15) is 11.3 Å². The molecule has 1 aliphatic rings. The van der Waals surface area contributed by atoms with E-state index in [0.29, 0.717) is 31.3 Å². The number of alkyl carbamates (subject to hydrolysis) is 1. The van der Waals surface area contributed by atoms with Crippen LogP contribution in [0.3, 0.4) is 0 Å². The Kier molecular flexibility index (Phi) is 7.97. The van der Waals surface area contributed by atoms with Crippen LogP contribution < -0.4 is 15.5 Å². The second kappa shape index (κ2) is 11.3. The number of nitrogens with zero attached hydrogens (tertiary/aromatic N) is 4. The number of imidazole rings is 1. The van der Waals surface area contributed by atoms with Gasteiger partial charge in [0.15, 0.2) is 0 Å². The lowest BCUT2D eigenvalue weighted by molar-refractivity contribution is 0.0499. The van der Waals surface area contributed by atoms with Crippen molar-refractivity contribution in [3.05, 3.63) is 54.0 Å². The van der Waals surface area contributed by atoms with Gasteiger partial charge in [-0.25, -0.2) is 9.78 Å². The molecule has 2 aromatic heterocycles. The number of fused-ring (bicyclic) bond motifs is 1. The van der Waals surface area contributed by atoms with Crippen LogP contribution in [0.25, 0.3) is 10.9 Å². The number of hydrogen-bond acceptors (Lipinski definition) is 6. The van der Waals surface area contributed by atoms with Crippen molar-refractivity contribution in [2.75, 3.05) is 18.0 Å². The van der Waals surface area contributed by atoms with Gasteiger partial charge in [-0.3, -0.25) is 14.3 Å². The third kappa shape index (κ3) is 6.79. The summed E-state index contributed by atoms with van der Waals surface area (Å²) in [5.74, 6) is 6.39. The van der Waals surface area contributed by atoms with Gasteiger partial charge in [-0.05, 0) is 58.2 Å². The lowest BCUT2D eigenvalue weighted by atomic mass is 10.1. The zero-order valence-corrected chi connectivity index (χ0v) is 21.9. The van der Waals surface area contributed by atoms with Crippen molar-refractivity contribution in [3.63, 3.8) is 0 Å². The molecule has 1 atom stereocenters. The number of benzene rings is 1. The van der Waals surface area contributed by atoms with Gasteiger partial charge < -0.3 is 20.3 Å². The third-order valence-corrected chi connectivity index (χ3v) is 6.01. The van der Waals surface area contributed by atoms with Crippen molar-refractivity contribution in [1.29, 1.82) is 0 Å². The van der Waals surface area contributed by atoms with Crippen molar-refractivity contribution >= 4 is 28.9 Å². The Morgan fingerprint density at radius 2 is 2.00 bits per heavy atom. The molecule has 0 bridgehead atoms. The standard InChI is InChI=1S/C28H34N6O3/c1-5-6-14-34-24(25(35)30-17-20-15-21-10-7-8-12-23(21)29-16-20)18-31-26(34)33-13-9-11-22(19-33)32-27(36)37-28(2,3)4/h7-8,10,12,15-16,18,22H,9,11,13-14,17,19H2,1-4H3,(H,30,35)(H,32,36). The summed E-state index contributed by atoms with van der Waals surface area (Å²) in [5, 5.41) is 6.98. The van der Waals surface area contributed by atoms with Crippen LogP contribution in [0.2, 0.25) is 0 Å². The molecule has 37 heavy (non-hydrogen) atoms. The number of para-hydroxylation sites is 1. The number of carbonyl (C=O) groups is 2. The van der Waals surface area contributed by atoms with E-state index in [9.17, 15) is 9.59 Å². The quantitative estimate of drug-likeness (QED) is 0.496. The van der Waals surface area contributed by atoms with E-state index in [0.717, 1.165) is 35.9 Å². The normalized spacial score (nSPS) is 15.6. The smallest absolute Gasteiger partial charge is 0.407 e. The largest absolute Gasteiger partial charge is 0.444 e. The second-order valence-corrected chi connectivity index (χ2v) is 10.1. The van der Waals surface area contributed by atoms with Gasteiger partial charge >= 0.3 is 6.09 Å². The number of amides is 2. The van der Waals surface area contributed by atoms with Crippen LogP contribution >= 0.6 is 0 Å². The molecule has 2 N–H and O–H groups in total. The Labute approximate surface area is 217 Å². The molecule has 1 unspecified atom stereocenters. The minimum atomic E-state index is -0.557. The Morgan fingerprint density at radius 1 is 1.19 bits per heavy atom. The van der Waals surface area contributed by atoms with Crippen molar-refractivity contribution in [1.82, 2.24) is 25.2 Å². The zero-order valence-electron chi connectivity index (χ0n) is 21.9. The maximum atomic E-state index is 13.2. The molecule has 0 spiro atoms. The summed E-state index contributed by atoms with van der Waals surface area (Å²) in [6.07, 6.45) is 4.66.